The molecule has 6 aromatic rings. The third-order valence-corrected chi connectivity index (χ3v) is 21.1. The maximum atomic E-state index is 13.7. The van der Waals surface area contributed by atoms with Crippen LogP contribution in [0.2, 0.25) is 6.04 Å². The second-order valence-corrected chi connectivity index (χ2v) is 28.2. The first-order valence-corrected chi connectivity index (χ1v) is 35.3. The quantitative estimate of drug-likeness (QED) is 0.0149. The van der Waals surface area contributed by atoms with E-state index in [1.165, 1.54) is 12.8 Å². The van der Waals surface area contributed by atoms with Gasteiger partial charge in [0.2, 0.25) is 0 Å². The predicted octanol–water partition coefficient (Wildman–Crippen LogP) is 10.8. The molecule has 7 rings (SSSR count). The number of ether oxygens (including phenoxy) is 4. The largest absolute Gasteiger partial charge is 0.498 e. The molecule has 0 heterocycles. The molecule has 0 saturated carbocycles. The Bertz CT molecular complexity index is 3510. The van der Waals surface area contributed by atoms with Crippen molar-refractivity contribution in [1.82, 2.24) is 9.44 Å². The number of nitrogens with zero attached hydrogens (tertiary/aromatic N) is 2. The first kappa shape index (κ1) is 68.1. The Morgan fingerprint density at radius 1 is 0.523 bits per heavy atom. The molecule has 25 heteroatoms. The highest BCUT2D eigenvalue weighted by molar-refractivity contribution is 7.99. The van der Waals surface area contributed by atoms with E-state index >= 15 is 0 Å². The third kappa shape index (κ3) is 19.3. The molecule has 2 amide bonds. The normalized spacial score (nSPS) is 12.4. The van der Waals surface area contributed by atoms with Crippen molar-refractivity contribution in [2.24, 2.45) is 0 Å². The number of rotatable bonds is 33. The number of methoxy groups -OCH3 is 2. The van der Waals surface area contributed by atoms with Crippen LogP contribution in [0.4, 0.5) is 11.4 Å². The van der Waals surface area contributed by atoms with Crippen molar-refractivity contribution >= 4 is 63.8 Å². The number of sulfonamides is 2. The van der Waals surface area contributed by atoms with Gasteiger partial charge in [0.15, 0.2) is 13.2 Å². The van der Waals surface area contributed by atoms with Crippen LogP contribution in [0, 0.1) is 20.2 Å². The molecule has 1 aliphatic rings. The highest BCUT2D eigenvalue weighted by atomic mass is 32.2. The molecular formula is C63H76N4O17S3Si. The van der Waals surface area contributed by atoms with E-state index in [1.54, 1.807) is 14.2 Å². The summed E-state index contributed by atoms with van der Waals surface area (Å²) in [5.41, 5.74) is 5.95. The number of hydrogen-bond acceptors (Lipinski definition) is 18. The number of para-hydroxylation sites is 3. The van der Waals surface area contributed by atoms with Crippen LogP contribution in [0.1, 0.15) is 122 Å². The molecule has 0 spiro atoms. The summed E-state index contributed by atoms with van der Waals surface area (Å²) < 4.78 is 93.7. The number of nitro benzene ring substituents is 2. The van der Waals surface area contributed by atoms with Crippen molar-refractivity contribution in [3.05, 3.63) is 186 Å². The van der Waals surface area contributed by atoms with Gasteiger partial charge in [0.05, 0.1) is 33.9 Å². The number of nitro groups is 2. The number of amides is 2. The summed E-state index contributed by atoms with van der Waals surface area (Å²) >= 11 is 1.92. The first-order chi connectivity index (χ1) is 42.3. The molecule has 0 fully saturated rings. The summed E-state index contributed by atoms with van der Waals surface area (Å²) in [5, 5.41) is 22.5. The number of aryl methyl sites for hydroxylation is 1. The van der Waals surface area contributed by atoms with Gasteiger partial charge in [-0.2, -0.15) is 11.8 Å². The van der Waals surface area contributed by atoms with Crippen LogP contribution in [-0.2, 0) is 70.6 Å². The van der Waals surface area contributed by atoms with Crippen molar-refractivity contribution in [3.63, 3.8) is 0 Å². The molecule has 0 saturated heterocycles. The molecule has 88 heavy (non-hydrogen) atoms. The van der Waals surface area contributed by atoms with Crippen LogP contribution in [0.25, 0.3) is 0 Å². The molecule has 472 valence electrons. The molecule has 0 radical (unpaired) electrons. The van der Waals surface area contributed by atoms with Crippen LogP contribution in [0.5, 0.6) is 23.0 Å². The lowest BCUT2D eigenvalue weighted by Gasteiger charge is -2.22. The van der Waals surface area contributed by atoms with Gasteiger partial charge in [-0.3, -0.25) is 29.8 Å². The van der Waals surface area contributed by atoms with Gasteiger partial charge in [-0.25, -0.2) is 26.3 Å². The second-order valence-electron chi connectivity index (χ2n) is 21.1. The fraction of sp³-hybridized carbons (Fsp3) is 0.397. The summed E-state index contributed by atoms with van der Waals surface area (Å²) in [6.45, 7) is 3.21. The zero-order valence-electron chi connectivity index (χ0n) is 49.9. The summed E-state index contributed by atoms with van der Waals surface area (Å²) in [6.07, 6.45) is 11.3. The number of benzene rings is 6. The summed E-state index contributed by atoms with van der Waals surface area (Å²) in [7, 11) is -8.86. The number of nitrogens with one attached hydrogen (secondary N) is 2. The lowest BCUT2D eigenvalue weighted by atomic mass is 9.90. The van der Waals surface area contributed by atoms with Crippen molar-refractivity contribution in [2.45, 2.75) is 120 Å². The van der Waals surface area contributed by atoms with Crippen molar-refractivity contribution < 1.29 is 68.9 Å². The van der Waals surface area contributed by atoms with Gasteiger partial charge in [-0.05, 0) is 125 Å². The van der Waals surface area contributed by atoms with E-state index in [0.29, 0.717) is 70.9 Å². The number of hydrogen-bond donors (Lipinski definition) is 3. The van der Waals surface area contributed by atoms with Crippen LogP contribution < -0.4 is 28.4 Å². The van der Waals surface area contributed by atoms with Crippen LogP contribution in [0.3, 0.4) is 0 Å². The fourth-order valence-electron chi connectivity index (χ4n) is 10.7. The predicted molar refractivity (Wildman–Crippen MR) is 337 cm³/mol. The lowest BCUT2D eigenvalue weighted by molar-refractivity contribution is -0.385. The summed E-state index contributed by atoms with van der Waals surface area (Å²) in [4.78, 5) is 58.3. The molecular weight excluding hydrogens is 1210 g/mol. The number of carbonyl (C=O) groups is 2. The monoisotopic (exact) mass is 1280 g/mol. The Labute approximate surface area is 519 Å². The first-order valence-electron chi connectivity index (χ1n) is 29.3. The molecule has 21 nitrogen and oxygen atoms in total. The standard InChI is InChI=1S/C63H76N4O17S3Si/c1-5-83-88(78,84-6-2)36-14-12-10-8-7-9-11-13-34-85-35-18-19-45-37-52-41-48-22-15-20-46(60(48)79-3)39-50-24-17-25-51(62(50)81-43-58(68)64-86(74,75)56-30-26-54(27-31-56)66(70)71)40-47-21-16-23-49(61(47)80-4)42-53(38-45)63(52)82-44-59(69)65-87(76,77)57-32-28-55(29-33-57)67(72)73/h15-17,20-33,37-38,78H,5-14,18-19,34-36,39-44H2,1-4H3,(H,64,68)(H,65,69). The van der Waals surface area contributed by atoms with E-state index in [4.69, 9.17) is 27.8 Å². The van der Waals surface area contributed by atoms with E-state index < -0.39 is 63.7 Å². The van der Waals surface area contributed by atoms with Crippen molar-refractivity contribution in [1.29, 1.82) is 0 Å². The Hall–Kier alpha value is -7.39. The van der Waals surface area contributed by atoms with E-state index in [9.17, 15) is 51.4 Å². The molecule has 0 atom stereocenters. The van der Waals surface area contributed by atoms with E-state index in [1.807, 2.05) is 102 Å². The van der Waals surface area contributed by atoms with E-state index in [0.717, 1.165) is 133 Å². The van der Waals surface area contributed by atoms with Crippen LogP contribution >= 0.6 is 11.8 Å². The van der Waals surface area contributed by atoms with Gasteiger partial charge in [0, 0.05) is 69.2 Å². The zero-order valence-corrected chi connectivity index (χ0v) is 53.4. The molecule has 0 aliphatic heterocycles. The van der Waals surface area contributed by atoms with Crippen molar-refractivity contribution in [2.75, 3.05) is 52.2 Å². The smallest absolute Gasteiger partial charge is 0.496 e. The van der Waals surface area contributed by atoms with Gasteiger partial charge in [0.1, 0.15) is 23.0 Å². The Balaban J connectivity index is 1.14. The molecule has 0 aromatic heterocycles. The maximum absolute atomic E-state index is 13.7. The lowest BCUT2D eigenvalue weighted by Crippen LogP contribution is -2.42. The SMILES string of the molecule is CCO[Si](O)(CCCCCCCCCCSCCCc1cc2c(OCC(=O)NS(=O)(=O)c3ccc([N+](=O)[O-])cc3)c(c1)Cc1cccc(c1OC)Cc1cccc(c1OCC(=O)NS(=O)(=O)c1ccc([N+](=O)[O-])cc1)Cc1cccc(c1OC)C2)OCC. The molecule has 6 aromatic carbocycles. The minimum atomic E-state index is -4.47. The minimum Gasteiger partial charge on any atom is -0.496 e. The second kappa shape index (κ2) is 32.7. The third-order valence-electron chi connectivity index (χ3n) is 14.7. The summed E-state index contributed by atoms with van der Waals surface area (Å²) in [6, 6.07) is 29.9. The number of fused-ring (bicyclic) bond motifs is 8. The Kier molecular flexibility index (Phi) is 25.3. The minimum absolute atomic E-state index is 0.217. The summed E-state index contributed by atoms with van der Waals surface area (Å²) in [5.74, 6) is 1.71. The van der Waals surface area contributed by atoms with E-state index in [-0.39, 0.29) is 46.8 Å². The average Bonchev–Trinajstić information content (AvgIpc) is 1.65. The zero-order chi connectivity index (χ0) is 63.3. The molecule has 1 aliphatic carbocycles. The average molecular weight is 1290 g/mol. The van der Waals surface area contributed by atoms with Crippen molar-refractivity contribution in [3.8, 4) is 23.0 Å². The van der Waals surface area contributed by atoms with Gasteiger partial charge >= 0.3 is 8.80 Å². The number of carbonyl (C=O) groups excluding carboxylic acids is 2. The van der Waals surface area contributed by atoms with Crippen LogP contribution in [-0.4, -0.2) is 104 Å². The highest BCUT2D eigenvalue weighted by Gasteiger charge is 2.35. The van der Waals surface area contributed by atoms with Crippen LogP contribution in [0.15, 0.2) is 125 Å². The highest BCUT2D eigenvalue weighted by Crippen LogP contribution is 2.40. The fourth-order valence-corrected chi connectivity index (χ4v) is 15.5. The van der Waals surface area contributed by atoms with Gasteiger partial charge in [0.25, 0.3) is 43.2 Å². The van der Waals surface area contributed by atoms with E-state index in [2.05, 4.69) is 0 Å². The maximum Gasteiger partial charge on any atom is 0.498 e. The van der Waals surface area contributed by atoms with Gasteiger partial charge in [-0.15, -0.1) is 0 Å². The van der Waals surface area contributed by atoms with Gasteiger partial charge < -0.3 is 32.6 Å². The molecule has 3 N–H and O–H groups in total. The molecule has 8 bridgehead atoms. The number of thioether (sulfide) groups is 1. The Morgan fingerprint density at radius 3 is 1.26 bits per heavy atom. The van der Waals surface area contributed by atoms with Gasteiger partial charge in [-0.1, -0.05) is 105 Å². The molecule has 0 unspecified atom stereocenters. The number of unbranched alkanes of at least 4 members (excludes halogenated alkanes) is 7. The number of non-ortho nitro benzene ring substituents is 2. The topological polar surface area (TPSA) is 288 Å². The Morgan fingerprint density at radius 2 is 0.875 bits per heavy atom.